The molecule has 3 amide bonds. The van der Waals surface area contributed by atoms with Gasteiger partial charge in [0.1, 0.15) is 5.75 Å². The third kappa shape index (κ3) is 7.11. The molecule has 2 aromatic rings. The molecule has 0 heterocycles. The third-order valence-corrected chi connectivity index (χ3v) is 3.93. The van der Waals surface area contributed by atoms with Crippen molar-refractivity contribution in [1.29, 1.82) is 0 Å². The van der Waals surface area contributed by atoms with E-state index in [9.17, 15) is 14.4 Å². The Hall–Kier alpha value is -3.35. The fourth-order valence-electron chi connectivity index (χ4n) is 2.45. The zero-order valence-electron chi connectivity index (χ0n) is 15.9. The Morgan fingerprint density at radius 3 is 2.18 bits per heavy atom. The summed E-state index contributed by atoms with van der Waals surface area (Å²) >= 11 is 0. The van der Waals surface area contributed by atoms with Gasteiger partial charge in [-0.05, 0) is 30.2 Å². The van der Waals surface area contributed by atoms with E-state index in [0.29, 0.717) is 11.3 Å². The minimum absolute atomic E-state index is 0.0852. The van der Waals surface area contributed by atoms with Crippen molar-refractivity contribution in [2.75, 3.05) is 26.2 Å². The molecule has 0 bridgehead atoms. The number of amides is 3. The van der Waals surface area contributed by atoms with Crippen molar-refractivity contribution < 1.29 is 19.1 Å². The average molecular weight is 383 g/mol. The third-order valence-electron chi connectivity index (χ3n) is 3.93. The van der Waals surface area contributed by atoms with Crippen LogP contribution in [0, 0.1) is 0 Å². The lowest BCUT2D eigenvalue weighted by Crippen LogP contribution is -2.41. The first-order valence-corrected chi connectivity index (χ1v) is 9.17. The topological polar surface area (TPSA) is 96.5 Å². The summed E-state index contributed by atoms with van der Waals surface area (Å²) in [5, 5.41) is 7.84. The number of carbonyl (C=O) groups excluding carboxylic acids is 3. The maximum atomic E-state index is 11.8. The predicted molar refractivity (Wildman–Crippen MR) is 106 cm³/mol. The maximum Gasteiger partial charge on any atom is 0.258 e. The van der Waals surface area contributed by atoms with Crippen LogP contribution in [-0.2, 0) is 16.0 Å². The number of rotatable bonds is 10. The first-order valence-electron chi connectivity index (χ1n) is 9.17. The fourth-order valence-corrected chi connectivity index (χ4v) is 2.45. The van der Waals surface area contributed by atoms with Crippen molar-refractivity contribution in [3.8, 4) is 5.75 Å². The van der Waals surface area contributed by atoms with Gasteiger partial charge in [-0.15, -0.1) is 0 Å². The summed E-state index contributed by atoms with van der Waals surface area (Å²) in [5.41, 5.74) is 1.53. The van der Waals surface area contributed by atoms with E-state index in [0.717, 1.165) is 12.0 Å². The molecular weight excluding hydrogens is 358 g/mol. The van der Waals surface area contributed by atoms with E-state index < -0.39 is 0 Å². The highest BCUT2D eigenvalue weighted by molar-refractivity contribution is 5.96. The molecule has 0 aliphatic rings. The van der Waals surface area contributed by atoms with E-state index in [1.807, 2.05) is 37.3 Å². The van der Waals surface area contributed by atoms with Crippen molar-refractivity contribution in [1.82, 2.24) is 16.0 Å². The lowest BCUT2D eigenvalue weighted by atomic mass is 10.1. The summed E-state index contributed by atoms with van der Waals surface area (Å²) in [4.78, 5) is 35.4. The van der Waals surface area contributed by atoms with Gasteiger partial charge in [0.25, 0.3) is 11.8 Å². The van der Waals surface area contributed by atoms with Crippen LogP contribution in [0.2, 0.25) is 0 Å². The van der Waals surface area contributed by atoms with Gasteiger partial charge < -0.3 is 20.7 Å². The highest BCUT2D eigenvalue weighted by atomic mass is 16.5. The number of benzene rings is 2. The molecule has 7 heteroatoms. The highest BCUT2D eigenvalue weighted by Gasteiger charge is 2.08. The number of aryl methyl sites for hydroxylation is 1. The summed E-state index contributed by atoms with van der Waals surface area (Å²) in [5.74, 6) is -0.208. The van der Waals surface area contributed by atoms with Gasteiger partial charge in [0, 0.05) is 18.7 Å². The van der Waals surface area contributed by atoms with Gasteiger partial charge in [-0.2, -0.15) is 0 Å². The second kappa shape index (κ2) is 11.4. The molecular formula is C21H25N3O4. The molecule has 0 saturated heterocycles. The molecule has 2 aromatic carbocycles. The summed E-state index contributed by atoms with van der Waals surface area (Å²) in [6, 6.07) is 16.2. The molecule has 3 N–H and O–H groups in total. The molecule has 0 aromatic heterocycles. The summed E-state index contributed by atoms with van der Waals surface area (Å²) in [6.45, 7) is 2.34. The monoisotopic (exact) mass is 383 g/mol. The first-order chi connectivity index (χ1) is 13.6. The van der Waals surface area contributed by atoms with Crippen LogP contribution in [0.3, 0.4) is 0 Å². The van der Waals surface area contributed by atoms with Crippen LogP contribution in [0.25, 0.3) is 0 Å². The fraction of sp³-hybridized carbons (Fsp3) is 0.286. The number of hydrogen-bond acceptors (Lipinski definition) is 4. The van der Waals surface area contributed by atoms with Crippen molar-refractivity contribution in [3.63, 3.8) is 0 Å². The second-order valence-electron chi connectivity index (χ2n) is 6.00. The van der Waals surface area contributed by atoms with Gasteiger partial charge in [-0.1, -0.05) is 43.3 Å². The molecule has 0 unspecified atom stereocenters. The van der Waals surface area contributed by atoms with E-state index in [2.05, 4.69) is 16.0 Å². The molecule has 0 aliphatic heterocycles. The van der Waals surface area contributed by atoms with Crippen LogP contribution in [0.1, 0.15) is 22.8 Å². The smallest absolute Gasteiger partial charge is 0.258 e. The number of ether oxygens (including phenoxy) is 1. The van der Waals surface area contributed by atoms with Crippen LogP contribution in [0.15, 0.2) is 54.6 Å². The highest BCUT2D eigenvalue weighted by Crippen LogP contribution is 2.17. The standard InChI is InChI=1S/C21H25N3O4/c1-2-16-8-6-7-11-18(16)28-15-20(26)23-13-12-22-19(25)14-24-21(27)17-9-4-3-5-10-17/h3-11H,2,12-15H2,1H3,(H,22,25)(H,23,26)(H,24,27). The lowest BCUT2D eigenvalue weighted by Gasteiger charge is -2.11. The number of para-hydroxylation sites is 1. The quantitative estimate of drug-likeness (QED) is 0.539. The zero-order valence-corrected chi connectivity index (χ0v) is 15.9. The summed E-state index contributed by atoms with van der Waals surface area (Å²) in [7, 11) is 0. The maximum absolute atomic E-state index is 11.8. The molecule has 0 atom stereocenters. The lowest BCUT2D eigenvalue weighted by molar-refractivity contribution is -0.123. The molecule has 7 nitrogen and oxygen atoms in total. The largest absolute Gasteiger partial charge is 0.483 e. The van der Waals surface area contributed by atoms with Crippen molar-refractivity contribution >= 4 is 17.7 Å². The average Bonchev–Trinajstić information content (AvgIpc) is 2.74. The van der Waals surface area contributed by atoms with Gasteiger partial charge in [0.15, 0.2) is 6.61 Å². The normalized spacial score (nSPS) is 10.0. The molecule has 0 fully saturated rings. The van der Waals surface area contributed by atoms with Gasteiger partial charge in [0.2, 0.25) is 5.91 Å². The van der Waals surface area contributed by atoms with E-state index in [1.54, 1.807) is 24.3 Å². The van der Waals surface area contributed by atoms with Gasteiger partial charge >= 0.3 is 0 Å². The van der Waals surface area contributed by atoms with Crippen molar-refractivity contribution in [3.05, 3.63) is 65.7 Å². The Balaban J connectivity index is 1.58. The Labute approximate surface area is 164 Å². The predicted octanol–water partition coefficient (Wildman–Crippen LogP) is 1.29. The SMILES string of the molecule is CCc1ccccc1OCC(=O)NCCNC(=O)CNC(=O)c1ccccc1. The van der Waals surface area contributed by atoms with E-state index >= 15 is 0 Å². The number of nitrogens with one attached hydrogen (secondary N) is 3. The van der Waals surface area contributed by atoms with Crippen LogP contribution < -0.4 is 20.7 Å². The van der Waals surface area contributed by atoms with Gasteiger partial charge in [0.05, 0.1) is 6.54 Å². The zero-order chi connectivity index (χ0) is 20.2. The van der Waals surface area contributed by atoms with Crippen molar-refractivity contribution in [2.45, 2.75) is 13.3 Å². The van der Waals surface area contributed by atoms with Gasteiger partial charge in [-0.25, -0.2) is 0 Å². The first kappa shape index (κ1) is 21.0. The Kier molecular flexibility index (Phi) is 8.52. The minimum Gasteiger partial charge on any atom is -0.483 e. The molecule has 0 radical (unpaired) electrons. The molecule has 0 saturated carbocycles. The molecule has 148 valence electrons. The second-order valence-corrected chi connectivity index (χ2v) is 6.00. The molecule has 0 aliphatic carbocycles. The van der Waals surface area contributed by atoms with Crippen LogP contribution >= 0.6 is 0 Å². The van der Waals surface area contributed by atoms with Crippen molar-refractivity contribution in [2.24, 2.45) is 0 Å². The van der Waals surface area contributed by atoms with Gasteiger partial charge in [-0.3, -0.25) is 14.4 Å². The number of hydrogen-bond donors (Lipinski definition) is 3. The van der Waals surface area contributed by atoms with Crippen LogP contribution in [0.5, 0.6) is 5.75 Å². The summed E-state index contributed by atoms with van der Waals surface area (Å²) in [6.07, 6.45) is 0.824. The van der Waals surface area contributed by atoms with Crippen LogP contribution in [-0.4, -0.2) is 44.0 Å². The molecule has 0 spiro atoms. The van der Waals surface area contributed by atoms with Crippen LogP contribution in [0.4, 0.5) is 0 Å². The Bertz CT molecular complexity index is 793. The van der Waals surface area contributed by atoms with E-state index in [1.165, 1.54) is 0 Å². The Morgan fingerprint density at radius 2 is 1.46 bits per heavy atom. The van der Waals surface area contributed by atoms with E-state index in [-0.39, 0.29) is 44.0 Å². The summed E-state index contributed by atoms with van der Waals surface area (Å²) < 4.78 is 5.53. The Morgan fingerprint density at radius 1 is 0.821 bits per heavy atom. The van der Waals surface area contributed by atoms with E-state index in [4.69, 9.17) is 4.74 Å². The minimum atomic E-state index is -0.327. The molecule has 28 heavy (non-hydrogen) atoms. The molecule has 2 rings (SSSR count). The number of carbonyl (C=O) groups is 3.